The van der Waals surface area contributed by atoms with Crippen molar-refractivity contribution in [2.45, 2.75) is 37.5 Å². The van der Waals surface area contributed by atoms with Crippen LogP contribution in [0.5, 0.6) is 5.75 Å². The topological polar surface area (TPSA) is 83.7 Å². The largest absolute Gasteiger partial charge is 0.491 e. The summed E-state index contributed by atoms with van der Waals surface area (Å²) in [6, 6.07) is 11.2. The van der Waals surface area contributed by atoms with E-state index in [9.17, 15) is 14.3 Å². The Balaban J connectivity index is 1.20. The third-order valence-corrected chi connectivity index (χ3v) is 5.99. The lowest BCUT2D eigenvalue weighted by Gasteiger charge is -2.17. The Labute approximate surface area is 194 Å². The Morgan fingerprint density at radius 1 is 1.19 bits per heavy atom. The van der Waals surface area contributed by atoms with Crippen LogP contribution in [0.25, 0.3) is 11.0 Å². The quantitative estimate of drug-likeness (QED) is 0.440. The van der Waals surface area contributed by atoms with Crippen molar-refractivity contribution < 1.29 is 23.4 Å². The summed E-state index contributed by atoms with van der Waals surface area (Å²) in [5.41, 5.74) is 0.614. The highest BCUT2D eigenvalue weighted by molar-refractivity contribution is 6.31. The van der Waals surface area contributed by atoms with Crippen LogP contribution in [0.3, 0.4) is 0 Å². The van der Waals surface area contributed by atoms with Crippen molar-refractivity contribution in [3.63, 3.8) is 0 Å². The molecular weight excluding hydrogens is 458 g/mol. The molecule has 1 aromatic heterocycles. The van der Waals surface area contributed by atoms with Gasteiger partial charge in [0.05, 0.1) is 5.02 Å². The molecule has 1 fully saturated rings. The number of halogens is 3. The first-order valence-corrected chi connectivity index (χ1v) is 11.1. The minimum atomic E-state index is -0.759. The van der Waals surface area contributed by atoms with Crippen molar-refractivity contribution >= 4 is 40.1 Å². The zero-order chi connectivity index (χ0) is 22.7. The van der Waals surface area contributed by atoms with E-state index in [1.165, 1.54) is 12.1 Å². The third-order valence-electron chi connectivity index (χ3n) is 5.45. The van der Waals surface area contributed by atoms with E-state index in [0.29, 0.717) is 22.9 Å². The summed E-state index contributed by atoms with van der Waals surface area (Å²) in [4.78, 5) is 12.5. The summed E-state index contributed by atoms with van der Waals surface area (Å²) in [7, 11) is 0. The summed E-state index contributed by atoms with van der Waals surface area (Å²) in [6.07, 6.45) is 1.68. The van der Waals surface area contributed by atoms with E-state index in [4.69, 9.17) is 32.4 Å². The predicted octanol–water partition coefficient (Wildman–Crippen LogP) is 4.56. The van der Waals surface area contributed by atoms with Gasteiger partial charge in [-0.25, -0.2) is 4.39 Å². The highest BCUT2D eigenvalue weighted by Crippen LogP contribution is 2.25. The van der Waals surface area contributed by atoms with E-state index < -0.39 is 11.9 Å². The number of aliphatic hydroxyl groups excluding tert-OH is 1. The average molecular weight is 481 g/mol. The maximum Gasteiger partial charge on any atom is 0.287 e. The Morgan fingerprint density at radius 3 is 2.81 bits per heavy atom. The molecule has 0 saturated heterocycles. The van der Waals surface area contributed by atoms with Crippen LogP contribution in [0.1, 0.15) is 29.8 Å². The third kappa shape index (κ3) is 5.72. The first-order chi connectivity index (χ1) is 15.4. The van der Waals surface area contributed by atoms with Gasteiger partial charge in [-0.2, -0.15) is 0 Å². The van der Waals surface area contributed by atoms with E-state index in [1.807, 2.05) is 0 Å². The average Bonchev–Trinajstić information content (AvgIpc) is 3.39. The Hall–Kier alpha value is -2.32. The number of ether oxygens (including phenoxy) is 1. The normalized spacial score (nSPS) is 19.2. The lowest BCUT2D eigenvalue weighted by atomic mass is 10.2. The molecule has 1 amide bonds. The van der Waals surface area contributed by atoms with Crippen LogP contribution in [0.15, 0.2) is 46.9 Å². The van der Waals surface area contributed by atoms with Gasteiger partial charge in [0, 0.05) is 35.1 Å². The van der Waals surface area contributed by atoms with Crippen LogP contribution in [0.4, 0.5) is 4.39 Å². The number of aliphatic hydroxyl groups is 1. The first-order valence-electron chi connectivity index (χ1n) is 10.4. The SMILES string of the molecule is O=C(NC1CCC(NCC(O)COc2ccc(Cl)c(F)c2)C1)c1cc2cc(Cl)ccc2o1. The summed E-state index contributed by atoms with van der Waals surface area (Å²) in [5.74, 6) is -0.263. The number of carbonyl (C=O) groups is 1. The lowest BCUT2D eigenvalue weighted by molar-refractivity contribution is 0.0910. The minimum Gasteiger partial charge on any atom is -0.491 e. The Bertz CT molecular complexity index is 1110. The Kier molecular flexibility index (Phi) is 7.20. The number of rotatable bonds is 8. The number of carbonyl (C=O) groups excluding carboxylic acids is 1. The van der Waals surface area contributed by atoms with E-state index in [0.717, 1.165) is 24.6 Å². The van der Waals surface area contributed by atoms with Crippen LogP contribution in [-0.4, -0.2) is 42.4 Å². The lowest BCUT2D eigenvalue weighted by Crippen LogP contribution is -2.39. The molecule has 170 valence electrons. The maximum absolute atomic E-state index is 13.4. The van der Waals surface area contributed by atoms with E-state index >= 15 is 0 Å². The molecule has 3 aromatic rings. The standard InChI is InChI=1S/C23H23Cl2FN2O4/c24-14-1-6-21-13(7-14)8-22(32-21)23(30)28-16-3-2-15(9-16)27-11-17(29)12-31-18-4-5-19(25)20(26)10-18/h1,4-8,10,15-17,27,29H,2-3,9,11-12H2,(H,28,30). The second-order valence-corrected chi connectivity index (χ2v) is 8.77. The van der Waals surface area contributed by atoms with Crippen molar-refractivity contribution in [1.29, 1.82) is 0 Å². The molecule has 0 spiro atoms. The molecule has 1 aliphatic carbocycles. The van der Waals surface area contributed by atoms with Gasteiger partial charge in [0.2, 0.25) is 0 Å². The molecule has 1 aliphatic rings. The molecule has 4 rings (SSSR count). The molecule has 1 heterocycles. The molecule has 0 radical (unpaired) electrons. The van der Waals surface area contributed by atoms with Gasteiger partial charge in [-0.05, 0) is 55.7 Å². The zero-order valence-electron chi connectivity index (χ0n) is 17.1. The minimum absolute atomic E-state index is 0.0160. The maximum atomic E-state index is 13.4. The fourth-order valence-electron chi connectivity index (χ4n) is 3.80. The second-order valence-electron chi connectivity index (χ2n) is 7.92. The van der Waals surface area contributed by atoms with Gasteiger partial charge in [0.15, 0.2) is 5.76 Å². The first kappa shape index (κ1) is 22.9. The van der Waals surface area contributed by atoms with Gasteiger partial charge >= 0.3 is 0 Å². The van der Waals surface area contributed by atoms with Crippen molar-refractivity contribution in [2.75, 3.05) is 13.2 Å². The van der Waals surface area contributed by atoms with Crippen LogP contribution in [0.2, 0.25) is 10.0 Å². The van der Waals surface area contributed by atoms with E-state index in [1.54, 1.807) is 30.3 Å². The molecule has 0 bridgehead atoms. The molecule has 3 atom stereocenters. The predicted molar refractivity (Wildman–Crippen MR) is 121 cm³/mol. The molecular formula is C23H23Cl2FN2O4. The molecule has 1 saturated carbocycles. The number of benzene rings is 2. The Morgan fingerprint density at radius 2 is 2.00 bits per heavy atom. The molecule has 3 unspecified atom stereocenters. The molecule has 0 aliphatic heterocycles. The monoisotopic (exact) mass is 480 g/mol. The molecule has 2 aromatic carbocycles. The number of hydrogen-bond donors (Lipinski definition) is 3. The number of amides is 1. The zero-order valence-corrected chi connectivity index (χ0v) is 18.6. The van der Waals surface area contributed by atoms with Gasteiger partial charge in [-0.1, -0.05) is 23.2 Å². The van der Waals surface area contributed by atoms with Crippen LogP contribution in [0, 0.1) is 5.82 Å². The summed E-state index contributed by atoms with van der Waals surface area (Å²) in [6.45, 7) is 0.350. The van der Waals surface area contributed by atoms with Crippen LogP contribution >= 0.6 is 23.2 Å². The summed E-state index contributed by atoms with van der Waals surface area (Å²) < 4.78 is 24.5. The van der Waals surface area contributed by atoms with E-state index in [2.05, 4.69) is 10.6 Å². The number of nitrogens with one attached hydrogen (secondary N) is 2. The van der Waals surface area contributed by atoms with Crippen molar-refractivity contribution in [1.82, 2.24) is 10.6 Å². The second kappa shape index (κ2) is 10.1. The molecule has 3 N–H and O–H groups in total. The van der Waals surface area contributed by atoms with Gasteiger partial charge in [-0.3, -0.25) is 4.79 Å². The van der Waals surface area contributed by atoms with Gasteiger partial charge in [-0.15, -0.1) is 0 Å². The fraction of sp³-hybridized carbons (Fsp3) is 0.348. The summed E-state index contributed by atoms with van der Waals surface area (Å²) >= 11 is 11.6. The van der Waals surface area contributed by atoms with Crippen molar-refractivity contribution in [3.8, 4) is 5.75 Å². The van der Waals surface area contributed by atoms with Crippen LogP contribution < -0.4 is 15.4 Å². The van der Waals surface area contributed by atoms with E-state index in [-0.39, 0.29) is 35.4 Å². The highest BCUT2D eigenvalue weighted by atomic mass is 35.5. The van der Waals surface area contributed by atoms with Gasteiger partial charge < -0.3 is 24.9 Å². The molecule has 6 nitrogen and oxygen atoms in total. The summed E-state index contributed by atoms with van der Waals surface area (Å²) in [5, 5.41) is 17.8. The van der Waals surface area contributed by atoms with Gasteiger partial charge in [0.25, 0.3) is 5.91 Å². The number of hydrogen-bond acceptors (Lipinski definition) is 5. The highest BCUT2D eigenvalue weighted by Gasteiger charge is 2.27. The van der Waals surface area contributed by atoms with Crippen molar-refractivity contribution in [3.05, 3.63) is 64.1 Å². The smallest absolute Gasteiger partial charge is 0.287 e. The van der Waals surface area contributed by atoms with Crippen molar-refractivity contribution in [2.24, 2.45) is 0 Å². The fourth-order valence-corrected chi connectivity index (χ4v) is 4.10. The van der Waals surface area contributed by atoms with Gasteiger partial charge in [0.1, 0.15) is 29.9 Å². The molecule has 32 heavy (non-hydrogen) atoms. The molecule has 9 heteroatoms. The van der Waals surface area contributed by atoms with Crippen LogP contribution in [-0.2, 0) is 0 Å². The number of furan rings is 1. The number of fused-ring (bicyclic) bond motifs is 1.